The van der Waals surface area contributed by atoms with Gasteiger partial charge in [0.15, 0.2) is 16.9 Å². The molecule has 1 aromatic carbocycles. The fraction of sp³-hybridized carbons (Fsp3) is 0.618. The zero-order chi connectivity index (χ0) is 34.6. The van der Waals surface area contributed by atoms with Crippen molar-refractivity contribution in [1.29, 1.82) is 0 Å². The summed E-state index contributed by atoms with van der Waals surface area (Å²) in [6.07, 6.45) is 3.08. The number of allylic oxidation sites excluding steroid dienone is 1. The van der Waals surface area contributed by atoms with Gasteiger partial charge in [-0.05, 0) is 37.0 Å². The molecule has 1 aromatic heterocycles. The predicted octanol–water partition coefficient (Wildman–Crippen LogP) is 0.923. The molecule has 7 N–H and O–H groups in total. The van der Waals surface area contributed by atoms with Crippen LogP contribution in [0.1, 0.15) is 18.9 Å². The molecule has 10 atom stereocenters. The van der Waals surface area contributed by atoms with Gasteiger partial charge < -0.3 is 59.3 Å². The lowest BCUT2D eigenvalue weighted by molar-refractivity contribution is -0.431. The van der Waals surface area contributed by atoms with E-state index >= 15 is 0 Å². The first-order valence-corrected chi connectivity index (χ1v) is 19.1. The van der Waals surface area contributed by atoms with E-state index in [4.69, 9.17) is 23.4 Å². The molecule has 49 heavy (non-hydrogen) atoms. The number of benzene rings is 1. The third-order valence-corrected chi connectivity index (χ3v) is 13.5. The van der Waals surface area contributed by atoms with Crippen LogP contribution in [0, 0.1) is 23.2 Å². The van der Waals surface area contributed by atoms with Crippen molar-refractivity contribution in [2.24, 2.45) is 23.2 Å². The highest BCUT2D eigenvalue weighted by molar-refractivity contribution is 8.76. The van der Waals surface area contributed by atoms with Gasteiger partial charge in [-0.25, -0.2) is 0 Å². The van der Waals surface area contributed by atoms with Crippen LogP contribution >= 0.6 is 21.6 Å². The van der Waals surface area contributed by atoms with Crippen LogP contribution in [-0.2, 0) is 20.7 Å². The zero-order valence-corrected chi connectivity index (χ0v) is 28.7. The molecule has 5 aliphatic rings. The molecule has 1 saturated carbocycles. The summed E-state index contributed by atoms with van der Waals surface area (Å²) >= 11 is 0. The minimum atomic E-state index is -2.46. The van der Waals surface area contributed by atoms with Crippen LogP contribution in [-0.4, -0.2) is 123 Å². The van der Waals surface area contributed by atoms with E-state index in [1.165, 1.54) is 33.9 Å². The first kappa shape index (κ1) is 35.1. The number of furan rings is 1. The van der Waals surface area contributed by atoms with E-state index in [9.17, 15) is 35.4 Å². The topological polar surface area (TPSA) is 201 Å². The number of nitrogens with one attached hydrogen (secondary N) is 1. The van der Waals surface area contributed by atoms with Crippen molar-refractivity contribution in [3.63, 3.8) is 0 Å². The lowest BCUT2D eigenvalue weighted by atomic mass is 9.41. The van der Waals surface area contributed by atoms with Crippen molar-refractivity contribution in [2.75, 3.05) is 51.0 Å². The predicted molar refractivity (Wildman–Crippen MR) is 180 cm³/mol. The molecule has 15 heteroatoms. The maximum Gasteiger partial charge on any atom is 0.306 e. The molecule has 3 heterocycles. The molecule has 268 valence electrons. The number of aliphatic hydroxyl groups is 6. The number of fused-ring (bicyclic) bond motifs is 10. The molecular weight excluding hydrogens is 679 g/mol. The molecule has 13 nitrogen and oxygen atoms in total. The Hall–Kier alpha value is -2.31. The summed E-state index contributed by atoms with van der Waals surface area (Å²) in [5.74, 6) is -2.18. The second kappa shape index (κ2) is 13.3. The maximum absolute atomic E-state index is 13.0. The van der Waals surface area contributed by atoms with Crippen molar-refractivity contribution in [2.45, 2.75) is 55.1 Å². The van der Waals surface area contributed by atoms with Gasteiger partial charge in [0.2, 0.25) is 12.0 Å². The normalized spacial score (nSPS) is 40.0. The SMILES string of the molecule is CCOC(=O)CCc1cc2ccoc2c2c1O[C@H]1O[C@@](CO)(CSSCCNCCO2)[C@@]2(O)[C@H](O)[C@@]1(O)[C@@H]1[C@H]3C=C[C@@H](O)[C@@]1(CO)C=C[C@@H]32. The number of hydrogen-bond acceptors (Lipinski definition) is 15. The van der Waals surface area contributed by atoms with Crippen molar-refractivity contribution in [1.82, 2.24) is 5.32 Å². The third-order valence-electron chi connectivity index (χ3n) is 11.0. The lowest BCUT2D eigenvalue weighted by Gasteiger charge is -2.71. The molecule has 2 fully saturated rings. The fourth-order valence-electron chi connectivity index (χ4n) is 8.64. The van der Waals surface area contributed by atoms with Gasteiger partial charge in [-0.15, -0.1) is 0 Å². The summed E-state index contributed by atoms with van der Waals surface area (Å²) in [5, 5.41) is 75.5. The summed E-state index contributed by atoms with van der Waals surface area (Å²) in [6.45, 7) is 1.90. The molecular formula is C34H43NO12S2. The highest BCUT2D eigenvalue weighted by Crippen LogP contribution is 2.67. The van der Waals surface area contributed by atoms with Crippen LogP contribution in [0.3, 0.4) is 0 Å². The summed E-state index contributed by atoms with van der Waals surface area (Å²) in [4.78, 5) is 12.5. The van der Waals surface area contributed by atoms with Gasteiger partial charge >= 0.3 is 5.97 Å². The number of rotatable bonds is 6. The molecule has 7 rings (SSSR count). The number of hydrogen-bond donors (Lipinski definition) is 7. The van der Waals surface area contributed by atoms with Crippen LogP contribution in [0.4, 0.5) is 0 Å². The van der Waals surface area contributed by atoms with E-state index in [1.54, 1.807) is 37.3 Å². The minimum absolute atomic E-state index is 0.00711. The van der Waals surface area contributed by atoms with Gasteiger partial charge in [0.25, 0.3) is 0 Å². The van der Waals surface area contributed by atoms with Gasteiger partial charge in [-0.2, -0.15) is 0 Å². The van der Waals surface area contributed by atoms with Crippen LogP contribution < -0.4 is 14.8 Å². The van der Waals surface area contributed by atoms with Crippen molar-refractivity contribution in [3.05, 3.63) is 48.3 Å². The largest absolute Gasteiger partial charge is 0.485 e. The second-order valence-electron chi connectivity index (χ2n) is 13.4. The highest BCUT2D eigenvalue weighted by atomic mass is 33.1. The number of esters is 1. The quantitative estimate of drug-likeness (QED) is 0.126. The van der Waals surface area contributed by atoms with Gasteiger partial charge in [0.1, 0.15) is 23.9 Å². The van der Waals surface area contributed by atoms with E-state index < -0.39 is 77.7 Å². The molecule has 0 spiro atoms. The summed E-state index contributed by atoms with van der Waals surface area (Å²) < 4.78 is 30.7. The number of aryl methyl sites for hydroxylation is 1. The Bertz CT molecular complexity index is 1620. The molecule has 8 bridgehead atoms. The number of ether oxygens (including phenoxy) is 4. The van der Waals surface area contributed by atoms with Crippen LogP contribution in [0.25, 0.3) is 11.0 Å². The molecule has 1 saturated heterocycles. The summed E-state index contributed by atoms with van der Waals surface area (Å²) in [6, 6.07) is 3.52. The Balaban J connectivity index is 1.44. The van der Waals surface area contributed by atoms with Crippen LogP contribution in [0.2, 0.25) is 0 Å². The van der Waals surface area contributed by atoms with Crippen LogP contribution in [0.5, 0.6) is 11.5 Å². The molecule has 2 aromatic rings. The summed E-state index contributed by atoms with van der Waals surface area (Å²) in [5.41, 5.74) is -7.20. The summed E-state index contributed by atoms with van der Waals surface area (Å²) in [7, 11) is 2.84. The van der Waals surface area contributed by atoms with Gasteiger partial charge in [0.05, 0.1) is 32.2 Å². The van der Waals surface area contributed by atoms with E-state index in [0.29, 0.717) is 35.4 Å². The fourth-order valence-corrected chi connectivity index (χ4v) is 11.1. The third kappa shape index (κ3) is 5.19. The molecule has 0 radical (unpaired) electrons. The van der Waals surface area contributed by atoms with Gasteiger partial charge in [0, 0.05) is 53.7 Å². The first-order valence-electron chi connectivity index (χ1n) is 16.6. The molecule has 0 amide bonds. The maximum atomic E-state index is 13.0. The average Bonchev–Trinajstić information content (AvgIpc) is 3.57. The van der Waals surface area contributed by atoms with Crippen molar-refractivity contribution < 1.29 is 58.8 Å². The number of carbonyl (C=O) groups is 1. The molecule has 3 aliphatic carbocycles. The van der Waals surface area contributed by atoms with E-state index in [-0.39, 0.29) is 43.3 Å². The van der Waals surface area contributed by atoms with Gasteiger partial charge in [-0.3, -0.25) is 4.79 Å². The van der Waals surface area contributed by atoms with Crippen molar-refractivity contribution >= 4 is 38.5 Å². The second-order valence-corrected chi connectivity index (χ2v) is 16.0. The Morgan fingerprint density at radius 1 is 1.10 bits per heavy atom. The van der Waals surface area contributed by atoms with Crippen molar-refractivity contribution in [3.8, 4) is 11.5 Å². The monoisotopic (exact) mass is 721 g/mol. The standard InChI is InChI=1S/C34H43NO12S2/c1-2-43-24(39)6-3-19-15-20-8-12-44-25(20)27-26(19)46-30-33(41)28-21-4-5-23(38)31(28,16-36)9-7-22(21)34(42,29(33)40)32(17-37,47-30)18-49-48-14-11-35-10-13-45-27/h4-5,7-9,12,15,21-23,28-30,35-38,40-42H,2-3,6,10-11,13-14,16-18H2,1H3/t21-,22-,23+,28+,29+,30-,31-,32-,33-,34-/m0/s1. The first-order chi connectivity index (χ1) is 23.6. The minimum Gasteiger partial charge on any atom is -0.485 e. The lowest BCUT2D eigenvalue weighted by Crippen LogP contribution is -2.89. The van der Waals surface area contributed by atoms with E-state index in [2.05, 4.69) is 5.32 Å². The molecule has 2 aliphatic heterocycles. The van der Waals surface area contributed by atoms with E-state index in [0.717, 1.165) is 0 Å². The zero-order valence-electron chi connectivity index (χ0n) is 27.0. The average molecular weight is 722 g/mol. The van der Waals surface area contributed by atoms with Gasteiger partial charge in [-0.1, -0.05) is 45.9 Å². The smallest absolute Gasteiger partial charge is 0.306 e. The number of aliphatic hydroxyl groups excluding tert-OH is 4. The number of carbonyl (C=O) groups excluding carboxylic acids is 1. The van der Waals surface area contributed by atoms with Crippen LogP contribution in [0.15, 0.2) is 47.1 Å². The molecule has 0 unspecified atom stereocenters. The Kier molecular flexibility index (Phi) is 9.56. The Morgan fingerprint density at radius 2 is 1.94 bits per heavy atom. The highest BCUT2D eigenvalue weighted by Gasteiger charge is 2.81. The Labute approximate surface area is 291 Å². The van der Waals surface area contributed by atoms with E-state index in [1.807, 2.05) is 0 Å². The Morgan fingerprint density at radius 3 is 2.71 bits per heavy atom.